The van der Waals surface area contributed by atoms with Gasteiger partial charge in [-0.25, -0.2) is 4.79 Å². The molecule has 0 bridgehead atoms. The Morgan fingerprint density at radius 1 is 1.10 bits per heavy atom. The summed E-state index contributed by atoms with van der Waals surface area (Å²) in [5, 5.41) is 18.9. The summed E-state index contributed by atoms with van der Waals surface area (Å²) in [6.45, 7) is 0. The average Bonchev–Trinajstić information content (AvgIpc) is 2.48. The molecule has 2 rings (SSSR count). The number of hydrogen-bond acceptors (Lipinski definition) is 5. The van der Waals surface area contributed by atoms with Gasteiger partial charge in [-0.05, 0) is 18.2 Å². The number of amides is 1. The van der Waals surface area contributed by atoms with Gasteiger partial charge in [-0.1, -0.05) is 12.1 Å². The van der Waals surface area contributed by atoms with Crippen molar-refractivity contribution in [3.63, 3.8) is 0 Å². The van der Waals surface area contributed by atoms with E-state index in [9.17, 15) is 9.59 Å². The van der Waals surface area contributed by atoms with Crippen LogP contribution in [0.1, 0.15) is 20.7 Å². The SMILES string of the molecule is COc1ccc(NC(=O)c2ccccc2C(=O)O)nn1. The van der Waals surface area contributed by atoms with Crippen LogP contribution in [0, 0.1) is 0 Å². The molecule has 0 aliphatic rings. The highest BCUT2D eigenvalue weighted by atomic mass is 16.5. The molecule has 20 heavy (non-hydrogen) atoms. The van der Waals surface area contributed by atoms with Crippen molar-refractivity contribution < 1.29 is 19.4 Å². The molecule has 0 atom stereocenters. The lowest BCUT2D eigenvalue weighted by Gasteiger charge is -2.06. The second-order valence-corrected chi connectivity index (χ2v) is 3.77. The van der Waals surface area contributed by atoms with E-state index in [1.807, 2.05) is 0 Å². The van der Waals surface area contributed by atoms with Crippen molar-refractivity contribution in [2.45, 2.75) is 0 Å². The Bertz CT molecular complexity index is 640. The summed E-state index contributed by atoms with van der Waals surface area (Å²) >= 11 is 0. The van der Waals surface area contributed by atoms with E-state index >= 15 is 0 Å². The number of rotatable bonds is 4. The van der Waals surface area contributed by atoms with Crippen LogP contribution in [-0.2, 0) is 0 Å². The van der Waals surface area contributed by atoms with Gasteiger partial charge in [0.2, 0.25) is 5.88 Å². The maximum absolute atomic E-state index is 12.0. The van der Waals surface area contributed by atoms with Crippen LogP contribution in [0.3, 0.4) is 0 Å². The fraction of sp³-hybridized carbons (Fsp3) is 0.0769. The smallest absolute Gasteiger partial charge is 0.336 e. The lowest BCUT2D eigenvalue weighted by Crippen LogP contribution is -2.17. The average molecular weight is 273 g/mol. The molecular weight excluding hydrogens is 262 g/mol. The van der Waals surface area contributed by atoms with Gasteiger partial charge in [0.1, 0.15) is 0 Å². The van der Waals surface area contributed by atoms with E-state index in [4.69, 9.17) is 9.84 Å². The van der Waals surface area contributed by atoms with Crippen molar-refractivity contribution in [2.75, 3.05) is 12.4 Å². The number of hydrogen-bond donors (Lipinski definition) is 2. The third-order valence-corrected chi connectivity index (χ3v) is 2.49. The zero-order valence-corrected chi connectivity index (χ0v) is 10.5. The Kier molecular flexibility index (Phi) is 3.90. The Hall–Kier alpha value is -2.96. The first-order valence-electron chi connectivity index (χ1n) is 5.63. The fourth-order valence-corrected chi connectivity index (χ4v) is 1.55. The molecule has 102 valence electrons. The minimum absolute atomic E-state index is 0.0534. The summed E-state index contributed by atoms with van der Waals surface area (Å²) in [6, 6.07) is 8.96. The third kappa shape index (κ3) is 2.89. The van der Waals surface area contributed by atoms with Crippen molar-refractivity contribution in [1.29, 1.82) is 0 Å². The number of benzene rings is 1. The fourth-order valence-electron chi connectivity index (χ4n) is 1.55. The molecular formula is C13H11N3O4. The maximum atomic E-state index is 12.0. The van der Waals surface area contributed by atoms with Crippen LogP contribution in [0.15, 0.2) is 36.4 Å². The molecule has 0 saturated heterocycles. The van der Waals surface area contributed by atoms with Crippen LogP contribution in [-0.4, -0.2) is 34.3 Å². The number of carbonyl (C=O) groups is 2. The number of anilines is 1. The Morgan fingerprint density at radius 2 is 1.80 bits per heavy atom. The molecule has 0 fully saturated rings. The number of aromatic nitrogens is 2. The number of aromatic carboxylic acids is 1. The quantitative estimate of drug-likeness (QED) is 0.873. The van der Waals surface area contributed by atoms with Crippen LogP contribution in [0.25, 0.3) is 0 Å². The predicted octanol–water partition coefficient (Wildman–Crippen LogP) is 1.44. The van der Waals surface area contributed by atoms with Gasteiger partial charge < -0.3 is 15.2 Å². The molecule has 0 aliphatic heterocycles. The van der Waals surface area contributed by atoms with Crippen molar-refractivity contribution in [3.8, 4) is 5.88 Å². The van der Waals surface area contributed by atoms with Gasteiger partial charge in [0.25, 0.3) is 5.91 Å². The topological polar surface area (TPSA) is 101 Å². The van der Waals surface area contributed by atoms with Crippen LogP contribution < -0.4 is 10.1 Å². The number of carboxylic acids is 1. The molecule has 0 spiro atoms. The number of carboxylic acid groups (broad SMARTS) is 1. The summed E-state index contributed by atoms with van der Waals surface area (Å²) in [4.78, 5) is 23.1. The zero-order chi connectivity index (χ0) is 14.5. The minimum atomic E-state index is -1.17. The summed E-state index contributed by atoms with van der Waals surface area (Å²) in [5.41, 5.74) is -0.0240. The van der Waals surface area contributed by atoms with E-state index in [1.165, 1.54) is 31.4 Å². The summed E-state index contributed by atoms with van der Waals surface area (Å²) in [6.07, 6.45) is 0. The molecule has 7 heteroatoms. The van der Waals surface area contributed by atoms with E-state index in [0.717, 1.165) is 0 Å². The first-order valence-corrected chi connectivity index (χ1v) is 5.63. The lowest BCUT2D eigenvalue weighted by atomic mass is 10.1. The monoisotopic (exact) mass is 273 g/mol. The lowest BCUT2D eigenvalue weighted by molar-refractivity contribution is 0.0692. The standard InChI is InChI=1S/C13H11N3O4/c1-20-11-7-6-10(15-16-11)14-12(17)8-4-2-3-5-9(8)13(18)19/h2-7H,1H3,(H,18,19)(H,14,15,17). The summed E-state index contributed by atoms with van der Waals surface area (Å²) in [5.74, 6) is -1.22. The van der Waals surface area contributed by atoms with Crippen molar-refractivity contribution in [2.24, 2.45) is 0 Å². The molecule has 2 N–H and O–H groups in total. The van der Waals surface area contributed by atoms with Crippen LogP contribution in [0.4, 0.5) is 5.82 Å². The minimum Gasteiger partial charge on any atom is -0.480 e. The van der Waals surface area contributed by atoms with E-state index in [0.29, 0.717) is 5.88 Å². The molecule has 1 heterocycles. The normalized spacial score (nSPS) is 9.85. The Morgan fingerprint density at radius 3 is 2.35 bits per heavy atom. The highest BCUT2D eigenvalue weighted by molar-refractivity contribution is 6.10. The van der Waals surface area contributed by atoms with Gasteiger partial charge in [-0.2, -0.15) is 0 Å². The Balaban J connectivity index is 2.21. The zero-order valence-electron chi connectivity index (χ0n) is 10.5. The molecule has 0 radical (unpaired) electrons. The van der Waals surface area contributed by atoms with Gasteiger partial charge >= 0.3 is 5.97 Å². The molecule has 0 aliphatic carbocycles. The van der Waals surface area contributed by atoms with Gasteiger partial charge in [0, 0.05) is 6.07 Å². The van der Waals surface area contributed by atoms with E-state index in [1.54, 1.807) is 12.1 Å². The summed E-state index contributed by atoms with van der Waals surface area (Å²) in [7, 11) is 1.45. The van der Waals surface area contributed by atoms with Crippen LogP contribution >= 0.6 is 0 Å². The first kappa shape index (κ1) is 13.5. The largest absolute Gasteiger partial charge is 0.480 e. The number of nitrogens with zero attached hydrogens (tertiary/aromatic N) is 2. The van der Waals surface area contributed by atoms with Gasteiger partial charge in [0.05, 0.1) is 18.2 Å². The second kappa shape index (κ2) is 5.79. The molecule has 1 aromatic heterocycles. The molecule has 7 nitrogen and oxygen atoms in total. The van der Waals surface area contributed by atoms with Crippen LogP contribution in [0.5, 0.6) is 5.88 Å². The van der Waals surface area contributed by atoms with Gasteiger partial charge in [-0.3, -0.25) is 4.79 Å². The molecule has 0 unspecified atom stereocenters. The second-order valence-electron chi connectivity index (χ2n) is 3.77. The van der Waals surface area contributed by atoms with Gasteiger partial charge in [0.15, 0.2) is 5.82 Å². The van der Waals surface area contributed by atoms with Crippen molar-refractivity contribution >= 4 is 17.7 Å². The molecule has 1 aromatic carbocycles. The number of nitrogens with one attached hydrogen (secondary N) is 1. The molecule has 1 amide bonds. The van der Waals surface area contributed by atoms with Crippen molar-refractivity contribution in [1.82, 2.24) is 10.2 Å². The molecule has 2 aromatic rings. The number of carbonyl (C=O) groups excluding carboxylic acids is 1. The Labute approximate surface area is 114 Å². The van der Waals surface area contributed by atoms with Crippen LogP contribution in [0.2, 0.25) is 0 Å². The number of ether oxygens (including phenoxy) is 1. The number of methoxy groups -OCH3 is 1. The highest BCUT2D eigenvalue weighted by Crippen LogP contribution is 2.12. The van der Waals surface area contributed by atoms with Crippen molar-refractivity contribution in [3.05, 3.63) is 47.5 Å². The van der Waals surface area contributed by atoms with E-state index < -0.39 is 11.9 Å². The van der Waals surface area contributed by atoms with E-state index in [2.05, 4.69) is 15.5 Å². The summed E-state index contributed by atoms with van der Waals surface area (Å²) < 4.78 is 4.85. The first-order chi connectivity index (χ1) is 9.61. The van der Waals surface area contributed by atoms with Gasteiger partial charge in [-0.15, -0.1) is 10.2 Å². The highest BCUT2D eigenvalue weighted by Gasteiger charge is 2.16. The molecule has 0 saturated carbocycles. The maximum Gasteiger partial charge on any atom is 0.336 e. The van der Waals surface area contributed by atoms with E-state index in [-0.39, 0.29) is 16.9 Å². The predicted molar refractivity (Wildman–Crippen MR) is 69.9 cm³/mol. The third-order valence-electron chi connectivity index (χ3n) is 2.49.